The van der Waals surface area contributed by atoms with E-state index in [0.717, 1.165) is 31.5 Å². The van der Waals surface area contributed by atoms with Gasteiger partial charge in [0.1, 0.15) is 5.82 Å². The molecule has 0 radical (unpaired) electrons. The number of nitrogens with one attached hydrogen (secondary N) is 1. The first-order valence-electron chi connectivity index (χ1n) is 7.21. The van der Waals surface area contributed by atoms with Gasteiger partial charge in [0.25, 0.3) is 0 Å². The van der Waals surface area contributed by atoms with E-state index in [4.69, 9.17) is 4.52 Å². The zero-order valence-electron chi connectivity index (χ0n) is 11.6. The number of nitrogens with zero attached hydrogens (tertiary/aromatic N) is 2. The van der Waals surface area contributed by atoms with Crippen molar-refractivity contribution in [1.29, 1.82) is 0 Å². The summed E-state index contributed by atoms with van der Waals surface area (Å²) < 4.78 is 19.0. The van der Waals surface area contributed by atoms with Crippen molar-refractivity contribution in [2.75, 3.05) is 13.1 Å². The highest BCUT2D eigenvalue weighted by molar-refractivity contribution is 9.10. The number of benzene rings is 1. The van der Waals surface area contributed by atoms with Gasteiger partial charge in [0, 0.05) is 16.5 Å². The van der Waals surface area contributed by atoms with Crippen LogP contribution < -0.4 is 5.32 Å². The summed E-state index contributed by atoms with van der Waals surface area (Å²) in [5.41, 5.74) is 0.741. The summed E-state index contributed by atoms with van der Waals surface area (Å²) in [5.74, 6) is 1.54. The number of halogens is 2. The van der Waals surface area contributed by atoms with E-state index in [1.807, 2.05) is 0 Å². The lowest BCUT2D eigenvalue weighted by atomic mass is 9.95. The quantitative estimate of drug-likeness (QED) is 0.912. The third-order valence-electron chi connectivity index (χ3n) is 3.81. The molecule has 0 saturated carbocycles. The average molecular weight is 354 g/mol. The Labute approximate surface area is 131 Å². The lowest BCUT2D eigenvalue weighted by Gasteiger charge is -2.21. The smallest absolute Gasteiger partial charge is 0.226 e. The van der Waals surface area contributed by atoms with E-state index < -0.39 is 0 Å². The van der Waals surface area contributed by atoms with Crippen LogP contribution in [-0.2, 0) is 6.42 Å². The summed E-state index contributed by atoms with van der Waals surface area (Å²) in [4.78, 5) is 4.40. The lowest BCUT2D eigenvalue weighted by molar-refractivity contribution is 0.327. The minimum absolute atomic E-state index is 0.292. The molecule has 1 N–H and O–H groups in total. The lowest BCUT2D eigenvalue weighted by Crippen LogP contribution is -2.29. The van der Waals surface area contributed by atoms with Crippen molar-refractivity contribution in [3.8, 4) is 11.4 Å². The van der Waals surface area contributed by atoms with Gasteiger partial charge >= 0.3 is 0 Å². The van der Waals surface area contributed by atoms with E-state index in [2.05, 4.69) is 31.4 Å². The molecule has 6 heteroatoms. The van der Waals surface area contributed by atoms with Crippen molar-refractivity contribution in [2.45, 2.75) is 25.7 Å². The Morgan fingerprint density at radius 1 is 1.43 bits per heavy atom. The first-order chi connectivity index (χ1) is 10.2. The maximum Gasteiger partial charge on any atom is 0.226 e. The Morgan fingerprint density at radius 3 is 3.10 bits per heavy atom. The molecule has 21 heavy (non-hydrogen) atoms. The van der Waals surface area contributed by atoms with Gasteiger partial charge < -0.3 is 9.84 Å². The Kier molecular flexibility index (Phi) is 4.65. The second kappa shape index (κ2) is 6.66. The van der Waals surface area contributed by atoms with E-state index in [0.29, 0.717) is 22.1 Å². The van der Waals surface area contributed by atoms with Gasteiger partial charge in [0.05, 0.1) is 0 Å². The molecule has 2 heterocycles. The third-order valence-corrected chi connectivity index (χ3v) is 4.46. The van der Waals surface area contributed by atoms with Gasteiger partial charge in [-0.1, -0.05) is 5.16 Å². The van der Waals surface area contributed by atoms with Gasteiger partial charge in [-0.05, 0) is 72.4 Å². The Bertz CT molecular complexity index is 611. The monoisotopic (exact) mass is 353 g/mol. The van der Waals surface area contributed by atoms with Gasteiger partial charge in [-0.2, -0.15) is 4.98 Å². The van der Waals surface area contributed by atoms with E-state index in [-0.39, 0.29) is 5.82 Å². The molecule has 1 aliphatic heterocycles. The molecular weight excluding hydrogens is 337 g/mol. The number of aryl methyl sites for hydroxylation is 1. The minimum Gasteiger partial charge on any atom is -0.339 e. The Hall–Kier alpha value is -1.27. The highest BCUT2D eigenvalue weighted by Crippen LogP contribution is 2.27. The minimum atomic E-state index is -0.292. The fraction of sp³-hybridized carbons (Fsp3) is 0.467. The van der Waals surface area contributed by atoms with Crippen LogP contribution in [0.5, 0.6) is 0 Å². The molecule has 0 bridgehead atoms. The number of aromatic nitrogens is 2. The van der Waals surface area contributed by atoms with Crippen LogP contribution in [0, 0.1) is 11.7 Å². The van der Waals surface area contributed by atoms with Crippen LogP contribution in [0.25, 0.3) is 11.4 Å². The van der Waals surface area contributed by atoms with Crippen molar-refractivity contribution in [3.63, 3.8) is 0 Å². The molecule has 1 unspecified atom stereocenters. The third kappa shape index (κ3) is 3.68. The van der Waals surface area contributed by atoms with Crippen molar-refractivity contribution in [1.82, 2.24) is 15.5 Å². The second-order valence-corrected chi connectivity index (χ2v) is 6.24. The highest BCUT2D eigenvalue weighted by atomic mass is 79.9. The van der Waals surface area contributed by atoms with Crippen LogP contribution in [-0.4, -0.2) is 23.2 Å². The average Bonchev–Trinajstić information content (AvgIpc) is 2.95. The summed E-state index contributed by atoms with van der Waals surface area (Å²) >= 11 is 3.32. The fourth-order valence-electron chi connectivity index (χ4n) is 2.63. The number of hydrogen-bond acceptors (Lipinski definition) is 4. The first-order valence-corrected chi connectivity index (χ1v) is 8.00. The van der Waals surface area contributed by atoms with Crippen LogP contribution in [0.4, 0.5) is 4.39 Å². The van der Waals surface area contributed by atoms with Gasteiger partial charge in [-0.25, -0.2) is 4.39 Å². The van der Waals surface area contributed by atoms with Crippen molar-refractivity contribution < 1.29 is 8.91 Å². The SMILES string of the molecule is Fc1ccc(-c2noc(CCC3CCCNC3)n2)c(Br)c1. The number of rotatable bonds is 4. The van der Waals surface area contributed by atoms with Gasteiger partial charge in [-0.3, -0.25) is 0 Å². The fourth-order valence-corrected chi connectivity index (χ4v) is 3.16. The highest BCUT2D eigenvalue weighted by Gasteiger charge is 2.16. The van der Waals surface area contributed by atoms with Crippen LogP contribution >= 0.6 is 15.9 Å². The molecule has 1 aromatic heterocycles. The molecular formula is C15H17BrFN3O. The molecule has 4 nitrogen and oxygen atoms in total. The second-order valence-electron chi connectivity index (χ2n) is 5.39. The molecule has 112 valence electrons. The molecule has 0 aliphatic carbocycles. The molecule has 1 saturated heterocycles. The molecule has 3 rings (SSSR count). The van der Waals surface area contributed by atoms with E-state index in [1.165, 1.54) is 25.0 Å². The standard InChI is InChI=1S/C15H17BrFN3O/c16-13-8-11(17)4-5-12(13)15-19-14(21-20-15)6-3-10-2-1-7-18-9-10/h4-5,8,10,18H,1-3,6-7,9H2. The Morgan fingerprint density at radius 2 is 2.33 bits per heavy atom. The molecule has 2 aromatic rings. The van der Waals surface area contributed by atoms with Gasteiger partial charge in [0.2, 0.25) is 11.7 Å². The predicted molar refractivity (Wildman–Crippen MR) is 81.3 cm³/mol. The van der Waals surface area contributed by atoms with E-state index >= 15 is 0 Å². The molecule has 1 fully saturated rings. The molecule has 1 aromatic carbocycles. The largest absolute Gasteiger partial charge is 0.339 e. The summed E-state index contributed by atoms with van der Waals surface area (Å²) in [6, 6.07) is 4.45. The summed E-state index contributed by atoms with van der Waals surface area (Å²) in [6.07, 6.45) is 4.34. The Balaban J connectivity index is 1.65. The van der Waals surface area contributed by atoms with Gasteiger partial charge in [-0.15, -0.1) is 0 Å². The van der Waals surface area contributed by atoms with E-state index in [9.17, 15) is 4.39 Å². The number of hydrogen-bond donors (Lipinski definition) is 1. The summed E-state index contributed by atoms with van der Waals surface area (Å²) in [5, 5.41) is 7.39. The topological polar surface area (TPSA) is 51.0 Å². The summed E-state index contributed by atoms with van der Waals surface area (Å²) in [6.45, 7) is 2.20. The normalized spacial score (nSPS) is 18.9. The van der Waals surface area contributed by atoms with Gasteiger partial charge in [0.15, 0.2) is 0 Å². The van der Waals surface area contributed by atoms with Crippen LogP contribution in [0.15, 0.2) is 27.2 Å². The van der Waals surface area contributed by atoms with E-state index in [1.54, 1.807) is 6.07 Å². The zero-order valence-corrected chi connectivity index (χ0v) is 13.2. The first kappa shape index (κ1) is 14.7. The number of piperidine rings is 1. The zero-order chi connectivity index (χ0) is 14.7. The van der Waals surface area contributed by atoms with Crippen LogP contribution in [0.3, 0.4) is 0 Å². The molecule has 0 amide bonds. The van der Waals surface area contributed by atoms with Crippen LogP contribution in [0.2, 0.25) is 0 Å². The summed E-state index contributed by atoms with van der Waals surface area (Å²) in [7, 11) is 0. The van der Waals surface area contributed by atoms with Crippen molar-refractivity contribution >= 4 is 15.9 Å². The van der Waals surface area contributed by atoms with Crippen molar-refractivity contribution in [2.24, 2.45) is 5.92 Å². The van der Waals surface area contributed by atoms with Crippen molar-refractivity contribution in [3.05, 3.63) is 34.4 Å². The molecule has 0 spiro atoms. The maximum absolute atomic E-state index is 13.1. The molecule has 1 aliphatic rings. The maximum atomic E-state index is 13.1. The van der Waals surface area contributed by atoms with Crippen LogP contribution in [0.1, 0.15) is 25.2 Å². The molecule has 1 atom stereocenters. The predicted octanol–water partition coefficient (Wildman–Crippen LogP) is 3.57.